The van der Waals surface area contributed by atoms with Gasteiger partial charge in [-0.3, -0.25) is 19.8 Å². The van der Waals surface area contributed by atoms with Gasteiger partial charge in [0.1, 0.15) is 6.04 Å². The van der Waals surface area contributed by atoms with Crippen LogP contribution in [0.1, 0.15) is 22.3 Å². The Labute approximate surface area is 244 Å². The molecule has 0 aromatic heterocycles. The van der Waals surface area contributed by atoms with Crippen LogP contribution in [0.3, 0.4) is 0 Å². The van der Waals surface area contributed by atoms with Crippen LogP contribution in [-0.2, 0) is 11.3 Å². The molecule has 0 radical (unpaired) electrons. The van der Waals surface area contributed by atoms with E-state index in [0.717, 1.165) is 6.07 Å². The summed E-state index contributed by atoms with van der Waals surface area (Å²) in [4.78, 5) is 27.6. The third-order valence-corrected chi connectivity index (χ3v) is 6.34. The molecule has 2 aromatic carbocycles. The van der Waals surface area contributed by atoms with E-state index in [4.69, 9.17) is 22.4 Å². The zero-order valence-corrected chi connectivity index (χ0v) is 23.3. The smallest absolute Gasteiger partial charge is 0.390 e. The fourth-order valence-corrected chi connectivity index (χ4v) is 4.11. The highest BCUT2D eigenvalue weighted by molar-refractivity contribution is 6.31. The number of aliphatic hydroxyl groups is 1. The van der Waals surface area contributed by atoms with Crippen LogP contribution in [0.25, 0.3) is 0 Å². The van der Waals surface area contributed by atoms with E-state index >= 15 is 0 Å². The molecule has 1 heterocycles. The second-order valence-electron chi connectivity index (χ2n) is 8.73. The van der Waals surface area contributed by atoms with E-state index in [-0.39, 0.29) is 49.2 Å². The first-order valence-electron chi connectivity index (χ1n) is 11.6. The summed E-state index contributed by atoms with van der Waals surface area (Å²) in [5.74, 6) is -4.52. The summed E-state index contributed by atoms with van der Waals surface area (Å²) in [5.41, 5.74) is 5.09. The number of primary amides is 1. The number of piperazine rings is 1. The quantitative estimate of drug-likeness (QED) is 0.296. The molecule has 1 unspecified atom stereocenters. The van der Waals surface area contributed by atoms with Crippen LogP contribution < -0.4 is 21.3 Å². The predicted octanol–water partition coefficient (Wildman–Crippen LogP) is 3.72. The fourth-order valence-electron chi connectivity index (χ4n) is 3.95. The van der Waals surface area contributed by atoms with Gasteiger partial charge in [-0.1, -0.05) is 17.7 Å². The monoisotopic (exact) mass is 635 g/mol. The highest BCUT2D eigenvalue weighted by Crippen LogP contribution is 2.31. The maximum atomic E-state index is 14.8. The van der Waals surface area contributed by atoms with Crippen molar-refractivity contribution in [3.63, 3.8) is 0 Å². The molecule has 0 saturated carbocycles. The Morgan fingerprint density at radius 1 is 1.05 bits per heavy atom. The zero-order chi connectivity index (χ0) is 28.0. The van der Waals surface area contributed by atoms with Crippen molar-refractivity contribution < 1.29 is 36.6 Å². The Balaban J connectivity index is 0.00000400. The van der Waals surface area contributed by atoms with Gasteiger partial charge in [0.15, 0.2) is 11.6 Å². The zero-order valence-electron chi connectivity index (χ0n) is 20.9. The Hall–Kier alpha value is -2.42. The van der Waals surface area contributed by atoms with Crippen molar-refractivity contribution in [2.24, 2.45) is 5.73 Å². The summed E-state index contributed by atoms with van der Waals surface area (Å²) in [5, 5.41) is 14.5. The lowest BCUT2D eigenvalue weighted by Crippen LogP contribution is -2.47. The number of rotatable bonds is 10. The number of nitrogens with zero attached hydrogens (tertiary/aromatic N) is 2. The van der Waals surface area contributed by atoms with E-state index in [2.05, 4.69) is 10.6 Å². The number of alkyl halides is 3. The van der Waals surface area contributed by atoms with Crippen LogP contribution in [0, 0.1) is 11.6 Å². The SMILES string of the molecule is Cl.Cl.NC(=O)C(CO)NCc1ccc(C(=O)Nc2ccc(Cl)cc2N2CCN(CCC(F)(F)F)CC2)c(F)c1F. The van der Waals surface area contributed by atoms with Crippen molar-refractivity contribution in [2.45, 2.75) is 25.2 Å². The fraction of sp³-hybridized carbons (Fsp3) is 0.417. The molecule has 3 rings (SSSR count). The molecule has 1 aliphatic rings. The van der Waals surface area contributed by atoms with Gasteiger partial charge in [0.25, 0.3) is 5.91 Å². The number of carbonyl (C=O) groups is 2. The third-order valence-electron chi connectivity index (χ3n) is 6.10. The van der Waals surface area contributed by atoms with E-state index in [0.29, 0.717) is 36.9 Å². The van der Waals surface area contributed by atoms with Gasteiger partial charge in [0.05, 0.1) is 30.0 Å². The number of nitrogens with two attached hydrogens (primary N) is 1. The molecule has 1 fully saturated rings. The maximum absolute atomic E-state index is 14.8. The maximum Gasteiger partial charge on any atom is 0.390 e. The summed E-state index contributed by atoms with van der Waals surface area (Å²) in [6.07, 6.45) is -5.15. The average molecular weight is 637 g/mol. The normalized spacial score (nSPS) is 14.6. The number of anilines is 2. The lowest BCUT2D eigenvalue weighted by molar-refractivity contribution is -0.138. The van der Waals surface area contributed by atoms with Gasteiger partial charge in [-0.25, -0.2) is 8.78 Å². The van der Waals surface area contributed by atoms with Gasteiger partial charge in [-0.05, 0) is 24.3 Å². The number of nitrogens with one attached hydrogen (secondary N) is 2. The number of aliphatic hydroxyl groups excluding tert-OH is 1. The number of carbonyl (C=O) groups excluding carboxylic acids is 2. The molecule has 0 bridgehead atoms. The summed E-state index contributed by atoms with van der Waals surface area (Å²) < 4.78 is 67.0. The molecule has 1 aliphatic heterocycles. The van der Waals surface area contributed by atoms with E-state index in [1.165, 1.54) is 18.2 Å². The Morgan fingerprint density at radius 3 is 2.27 bits per heavy atom. The summed E-state index contributed by atoms with van der Waals surface area (Å²) >= 11 is 6.13. The van der Waals surface area contributed by atoms with Crippen molar-refractivity contribution in [1.82, 2.24) is 10.2 Å². The van der Waals surface area contributed by atoms with E-state index in [9.17, 15) is 31.5 Å². The Bertz CT molecular complexity index is 1170. The summed E-state index contributed by atoms with van der Waals surface area (Å²) in [6, 6.07) is 5.66. The molecule has 0 aliphatic carbocycles. The highest BCUT2D eigenvalue weighted by Gasteiger charge is 2.29. The number of hydrogen-bond donors (Lipinski definition) is 4. The van der Waals surface area contributed by atoms with Crippen molar-refractivity contribution in [3.8, 4) is 0 Å². The second kappa shape index (κ2) is 15.5. The van der Waals surface area contributed by atoms with Gasteiger partial charge in [0.2, 0.25) is 5.91 Å². The van der Waals surface area contributed by atoms with Gasteiger partial charge >= 0.3 is 6.18 Å². The lowest BCUT2D eigenvalue weighted by atomic mass is 10.1. The highest BCUT2D eigenvalue weighted by atomic mass is 35.5. The first-order chi connectivity index (χ1) is 17.9. The Kier molecular flexibility index (Phi) is 13.8. The number of benzene rings is 2. The van der Waals surface area contributed by atoms with Crippen molar-refractivity contribution in [2.75, 3.05) is 49.5 Å². The molecule has 5 N–H and O–H groups in total. The Morgan fingerprint density at radius 2 is 1.70 bits per heavy atom. The van der Waals surface area contributed by atoms with Gasteiger partial charge < -0.3 is 21.1 Å². The van der Waals surface area contributed by atoms with Crippen LogP contribution in [-0.4, -0.2) is 73.4 Å². The number of halogens is 8. The number of amides is 2. The first kappa shape index (κ1) is 35.6. The van der Waals surface area contributed by atoms with Crippen LogP contribution in [0.15, 0.2) is 30.3 Å². The number of hydrogen-bond acceptors (Lipinski definition) is 6. The topological polar surface area (TPSA) is 111 Å². The molecule has 1 saturated heterocycles. The van der Waals surface area contributed by atoms with Crippen LogP contribution in [0.4, 0.5) is 33.3 Å². The minimum absolute atomic E-state index is 0. The molecule has 2 amide bonds. The van der Waals surface area contributed by atoms with E-state index in [1.54, 1.807) is 11.0 Å². The third kappa shape index (κ3) is 9.60. The molecule has 224 valence electrons. The molecule has 2 aromatic rings. The van der Waals surface area contributed by atoms with Crippen LogP contribution >= 0.6 is 36.4 Å². The molecule has 40 heavy (non-hydrogen) atoms. The van der Waals surface area contributed by atoms with Crippen molar-refractivity contribution in [3.05, 3.63) is 58.1 Å². The van der Waals surface area contributed by atoms with E-state index < -0.39 is 54.3 Å². The van der Waals surface area contributed by atoms with Crippen LogP contribution in [0.5, 0.6) is 0 Å². The molecule has 8 nitrogen and oxygen atoms in total. The average Bonchev–Trinajstić information content (AvgIpc) is 2.86. The second-order valence-corrected chi connectivity index (χ2v) is 9.16. The molecule has 1 atom stereocenters. The van der Waals surface area contributed by atoms with Gasteiger partial charge in [-0.2, -0.15) is 13.2 Å². The molecular formula is C24H29Cl3F5N5O3. The first-order valence-corrected chi connectivity index (χ1v) is 12.0. The minimum Gasteiger partial charge on any atom is -0.394 e. The van der Waals surface area contributed by atoms with Gasteiger partial charge in [-0.15, -0.1) is 24.8 Å². The largest absolute Gasteiger partial charge is 0.394 e. The van der Waals surface area contributed by atoms with Gasteiger partial charge in [0, 0.05) is 49.9 Å². The molecule has 0 spiro atoms. The standard InChI is InChI=1S/C24H27ClF5N5O3.2ClH/c25-15-2-4-17(19(11-15)35-9-7-34(8-10-35)6-5-24(28,29)30)33-23(38)16-3-1-14(20(26)21(16)27)12-32-18(13-36)22(31)37;;/h1-4,11,18,32,36H,5-10,12-13H2,(H2,31,37)(H,33,38);2*1H. The van der Waals surface area contributed by atoms with Crippen molar-refractivity contribution in [1.29, 1.82) is 0 Å². The predicted molar refractivity (Wildman–Crippen MR) is 146 cm³/mol. The van der Waals surface area contributed by atoms with Crippen molar-refractivity contribution >= 4 is 59.6 Å². The van der Waals surface area contributed by atoms with E-state index in [1.807, 2.05) is 4.90 Å². The summed E-state index contributed by atoms with van der Waals surface area (Å²) in [6.45, 7) is 0.380. The minimum atomic E-state index is -4.24. The van der Waals surface area contributed by atoms with Crippen LogP contribution in [0.2, 0.25) is 5.02 Å². The molecule has 16 heteroatoms. The summed E-state index contributed by atoms with van der Waals surface area (Å²) in [7, 11) is 0. The molecular weight excluding hydrogens is 608 g/mol. The lowest BCUT2D eigenvalue weighted by Gasteiger charge is -2.37.